The van der Waals surface area contributed by atoms with Crippen LogP contribution in [-0.4, -0.2) is 12.1 Å². The highest BCUT2D eigenvalue weighted by Crippen LogP contribution is 2.50. The zero-order valence-electron chi connectivity index (χ0n) is 31.1. The van der Waals surface area contributed by atoms with E-state index in [9.17, 15) is 0 Å². The van der Waals surface area contributed by atoms with Gasteiger partial charge in [-0.3, -0.25) is 0 Å². The van der Waals surface area contributed by atoms with Gasteiger partial charge in [0.2, 0.25) is 0 Å². The summed E-state index contributed by atoms with van der Waals surface area (Å²) in [5.74, 6) is 1.95. The van der Waals surface area contributed by atoms with Gasteiger partial charge in [-0.25, -0.2) is 0 Å². The minimum atomic E-state index is 0.745. The number of hydrogen-bond donors (Lipinski definition) is 0. The fourth-order valence-corrected chi connectivity index (χ4v) is 10.6. The molecule has 0 radical (unpaired) electrons. The number of rotatable bonds is 7. The fourth-order valence-electron chi connectivity index (χ4n) is 10.6. The van der Waals surface area contributed by atoms with E-state index >= 15 is 0 Å². The van der Waals surface area contributed by atoms with Gasteiger partial charge in [0.15, 0.2) is 0 Å². The zero-order chi connectivity index (χ0) is 36.3. The summed E-state index contributed by atoms with van der Waals surface area (Å²) in [6.45, 7) is 0. The molecule has 2 aliphatic carbocycles. The highest BCUT2D eigenvalue weighted by molar-refractivity contribution is 5.98. The van der Waals surface area contributed by atoms with E-state index in [0.29, 0.717) is 0 Å². The predicted molar refractivity (Wildman–Crippen MR) is 233 cm³/mol. The summed E-state index contributed by atoms with van der Waals surface area (Å²) in [4.78, 5) is 5.17. The second-order valence-electron chi connectivity index (χ2n) is 16.2. The van der Waals surface area contributed by atoms with Crippen LogP contribution in [0.4, 0.5) is 22.7 Å². The first-order valence-corrected chi connectivity index (χ1v) is 20.2. The van der Waals surface area contributed by atoms with Crippen molar-refractivity contribution >= 4 is 44.3 Å². The largest absolute Gasteiger partial charge is 0.366 e. The van der Waals surface area contributed by atoms with Crippen molar-refractivity contribution in [3.8, 4) is 33.4 Å². The van der Waals surface area contributed by atoms with Crippen molar-refractivity contribution in [2.45, 2.75) is 44.2 Å². The van der Waals surface area contributed by atoms with Gasteiger partial charge in [-0.05, 0) is 147 Å². The number of nitrogens with zero attached hydrogens (tertiary/aromatic N) is 2. The van der Waals surface area contributed by atoms with Gasteiger partial charge in [-0.15, -0.1) is 0 Å². The number of hydrogen-bond acceptors (Lipinski definition) is 2. The first kappa shape index (κ1) is 32.3. The first-order valence-electron chi connectivity index (χ1n) is 20.2. The molecule has 0 aromatic heterocycles. The maximum absolute atomic E-state index is 2.79. The van der Waals surface area contributed by atoms with Gasteiger partial charge >= 0.3 is 0 Å². The lowest BCUT2D eigenvalue weighted by Gasteiger charge is -2.57. The van der Waals surface area contributed by atoms with E-state index in [2.05, 4.69) is 192 Å². The average molecular weight is 709 g/mol. The lowest BCUT2D eigenvalue weighted by atomic mass is 9.63. The van der Waals surface area contributed by atoms with Gasteiger partial charge in [0.1, 0.15) is 0 Å². The number of piperidine rings is 2. The van der Waals surface area contributed by atoms with Crippen molar-refractivity contribution in [1.82, 2.24) is 0 Å². The highest BCUT2D eigenvalue weighted by Gasteiger charge is 2.46. The molecule has 4 fully saturated rings. The van der Waals surface area contributed by atoms with Crippen LogP contribution in [0.5, 0.6) is 0 Å². The summed E-state index contributed by atoms with van der Waals surface area (Å²) in [6, 6.07) is 68.7. The van der Waals surface area contributed by atoms with Crippen molar-refractivity contribution < 1.29 is 0 Å². The van der Waals surface area contributed by atoms with Crippen molar-refractivity contribution in [3.05, 3.63) is 182 Å². The SMILES string of the molecule is c1ccc2c(-c3ccc(N(c4ccc(-c5ccc(N6C7CC8CC(C7)CC6C8)cc5)cc4)c4ccc(-c5cccc6ccccc56)cc4)cc3)cccc2c1. The van der Waals surface area contributed by atoms with Gasteiger partial charge in [0, 0.05) is 34.8 Å². The van der Waals surface area contributed by atoms with Crippen LogP contribution in [0.2, 0.25) is 0 Å². The summed E-state index contributed by atoms with van der Waals surface area (Å²) < 4.78 is 0. The second kappa shape index (κ2) is 13.3. The molecule has 2 nitrogen and oxygen atoms in total. The van der Waals surface area contributed by atoms with Crippen LogP contribution in [0, 0.1) is 11.8 Å². The molecule has 0 spiro atoms. The lowest BCUT2D eigenvalue weighted by Crippen LogP contribution is -2.58. The Balaban J connectivity index is 0.926. The van der Waals surface area contributed by atoms with Crippen molar-refractivity contribution in [2.24, 2.45) is 11.8 Å². The molecule has 266 valence electrons. The summed E-state index contributed by atoms with van der Waals surface area (Å²) in [5.41, 5.74) is 12.3. The Morgan fingerprint density at radius 3 is 1.18 bits per heavy atom. The zero-order valence-corrected chi connectivity index (χ0v) is 31.1. The van der Waals surface area contributed by atoms with Gasteiger partial charge in [-0.1, -0.05) is 133 Å². The van der Waals surface area contributed by atoms with Crippen LogP contribution in [0.25, 0.3) is 54.9 Å². The summed E-state index contributed by atoms with van der Waals surface area (Å²) >= 11 is 0. The molecule has 2 heterocycles. The van der Waals surface area contributed by atoms with Gasteiger partial charge in [-0.2, -0.15) is 0 Å². The summed E-state index contributed by atoms with van der Waals surface area (Å²) in [6.07, 6.45) is 7.06. The predicted octanol–water partition coefficient (Wildman–Crippen LogP) is 14.2. The molecular weight excluding hydrogens is 665 g/mol. The molecule has 8 aromatic carbocycles. The molecule has 2 heteroatoms. The molecular formula is C53H44N2. The molecule has 12 rings (SSSR count). The van der Waals surface area contributed by atoms with E-state index in [-0.39, 0.29) is 0 Å². The van der Waals surface area contributed by atoms with E-state index < -0.39 is 0 Å². The maximum Gasteiger partial charge on any atom is 0.0462 e. The lowest BCUT2D eigenvalue weighted by molar-refractivity contribution is 0.0900. The van der Waals surface area contributed by atoms with Gasteiger partial charge in [0.25, 0.3) is 0 Å². The minimum absolute atomic E-state index is 0.745. The van der Waals surface area contributed by atoms with Crippen LogP contribution < -0.4 is 9.80 Å². The molecule has 4 bridgehead atoms. The van der Waals surface area contributed by atoms with Crippen molar-refractivity contribution in [2.75, 3.05) is 9.80 Å². The topological polar surface area (TPSA) is 6.48 Å². The molecule has 55 heavy (non-hydrogen) atoms. The molecule has 2 saturated carbocycles. The quantitative estimate of drug-likeness (QED) is 0.163. The highest BCUT2D eigenvalue weighted by atomic mass is 15.2. The molecule has 4 aliphatic rings. The first-order chi connectivity index (χ1) is 27.2. The molecule has 0 unspecified atom stereocenters. The Labute approximate surface area is 324 Å². The minimum Gasteiger partial charge on any atom is -0.366 e. The van der Waals surface area contributed by atoms with Crippen LogP contribution in [0.1, 0.15) is 32.1 Å². The van der Waals surface area contributed by atoms with Crippen LogP contribution in [0.3, 0.4) is 0 Å². The molecule has 0 N–H and O–H groups in total. The normalized spacial score (nSPS) is 20.0. The van der Waals surface area contributed by atoms with Gasteiger partial charge in [0.05, 0.1) is 0 Å². The Morgan fingerprint density at radius 1 is 0.345 bits per heavy atom. The molecule has 2 aliphatic heterocycles. The standard InChI is InChI=1S/C53H44N2/c1-3-11-50-40(7-1)9-5-13-52(50)42-19-27-45(28-20-42)54(46-29-21-43(22-30-46)53-14-6-10-41-8-2-4-12-51(41)53)44-23-15-38(16-24-44)39-17-25-47(26-18-39)55-48-32-36-31-37(34-48)35-49(55)33-36/h1-30,36-37,48-49H,31-35H2. The Bertz CT molecular complexity index is 2480. The van der Waals surface area contributed by atoms with E-state index in [1.165, 1.54) is 92.7 Å². The third-order valence-corrected chi connectivity index (χ3v) is 13.0. The number of anilines is 4. The fraction of sp³-hybridized carbons (Fsp3) is 0.170. The third-order valence-electron chi connectivity index (χ3n) is 13.0. The van der Waals surface area contributed by atoms with Crippen LogP contribution in [-0.2, 0) is 0 Å². The molecule has 8 aromatic rings. The van der Waals surface area contributed by atoms with Crippen LogP contribution >= 0.6 is 0 Å². The van der Waals surface area contributed by atoms with Crippen LogP contribution in [0.15, 0.2) is 182 Å². The summed E-state index contributed by atoms with van der Waals surface area (Å²) in [7, 11) is 0. The van der Waals surface area contributed by atoms with Crippen molar-refractivity contribution in [3.63, 3.8) is 0 Å². The summed E-state index contributed by atoms with van der Waals surface area (Å²) in [5, 5.41) is 5.07. The van der Waals surface area contributed by atoms with E-state index in [1.807, 2.05) is 0 Å². The number of benzene rings is 8. The smallest absolute Gasteiger partial charge is 0.0462 e. The Kier molecular flexibility index (Phi) is 7.83. The average Bonchev–Trinajstić information content (AvgIpc) is 3.24. The number of fused-ring (bicyclic) bond motifs is 2. The monoisotopic (exact) mass is 708 g/mol. The second-order valence-corrected chi connectivity index (χ2v) is 16.2. The van der Waals surface area contributed by atoms with Crippen molar-refractivity contribution in [1.29, 1.82) is 0 Å². The van der Waals surface area contributed by atoms with E-state index in [0.717, 1.165) is 41.0 Å². The Hall–Kier alpha value is -6.12. The Morgan fingerprint density at radius 2 is 0.727 bits per heavy atom. The van der Waals surface area contributed by atoms with E-state index in [1.54, 1.807) is 0 Å². The van der Waals surface area contributed by atoms with E-state index in [4.69, 9.17) is 0 Å². The molecule has 2 saturated heterocycles. The molecule has 0 atom stereocenters. The van der Waals surface area contributed by atoms with Gasteiger partial charge < -0.3 is 9.80 Å². The molecule has 0 amide bonds. The third kappa shape index (κ3) is 5.79. The maximum atomic E-state index is 2.79.